The lowest BCUT2D eigenvalue weighted by Gasteiger charge is -2.19. The quantitative estimate of drug-likeness (QED) is 0.653. The molecule has 0 N–H and O–H groups in total. The van der Waals surface area contributed by atoms with Gasteiger partial charge in [0.1, 0.15) is 6.04 Å². The van der Waals surface area contributed by atoms with Gasteiger partial charge in [0.25, 0.3) is 0 Å². The van der Waals surface area contributed by atoms with Gasteiger partial charge >= 0.3 is 0 Å². The highest BCUT2D eigenvalue weighted by Crippen LogP contribution is 2.13. The lowest BCUT2D eigenvalue weighted by molar-refractivity contribution is -0.107. The molecule has 0 bridgehead atoms. The molecule has 0 fully saturated rings. The average molecular weight is 174 g/mol. The van der Waals surface area contributed by atoms with Crippen molar-refractivity contribution in [2.75, 3.05) is 4.90 Å². The number of para-hydroxylation sites is 1. The maximum atomic E-state index is 10.7. The van der Waals surface area contributed by atoms with E-state index in [0.29, 0.717) is 6.41 Å². The summed E-state index contributed by atoms with van der Waals surface area (Å²) < 4.78 is 0. The molecule has 0 aromatic heterocycles. The largest absolute Gasteiger partial charge is 0.299 e. The minimum atomic E-state index is -0.431. The second kappa shape index (κ2) is 4.27. The van der Waals surface area contributed by atoms with E-state index in [4.69, 9.17) is 5.26 Å². The van der Waals surface area contributed by atoms with Crippen LogP contribution in [-0.2, 0) is 4.79 Å². The standard InChI is InChI=1S/C10H10N2O/c1-9(7-11)12(8-13)10-5-3-2-4-6-10/h2-6,8-9H,1H3. The van der Waals surface area contributed by atoms with Gasteiger partial charge in [0.15, 0.2) is 0 Å². The van der Waals surface area contributed by atoms with E-state index in [1.165, 1.54) is 4.90 Å². The molecule has 0 radical (unpaired) electrons. The number of hydrogen-bond donors (Lipinski definition) is 0. The highest BCUT2D eigenvalue weighted by molar-refractivity contribution is 5.76. The Morgan fingerprint density at radius 3 is 2.54 bits per heavy atom. The first-order valence-corrected chi connectivity index (χ1v) is 3.98. The summed E-state index contributed by atoms with van der Waals surface area (Å²) in [6, 6.07) is 10.7. The van der Waals surface area contributed by atoms with Gasteiger partial charge in [-0.3, -0.25) is 9.69 Å². The molecule has 66 valence electrons. The Bertz CT molecular complexity index is 315. The highest BCUT2D eigenvalue weighted by atomic mass is 16.1. The van der Waals surface area contributed by atoms with Crippen molar-refractivity contribution in [1.82, 2.24) is 0 Å². The lowest BCUT2D eigenvalue weighted by Crippen LogP contribution is -2.30. The predicted octanol–water partition coefficient (Wildman–Crippen LogP) is 1.56. The zero-order valence-corrected chi connectivity index (χ0v) is 7.34. The predicted molar refractivity (Wildman–Crippen MR) is 50.1 cm³/mol. The van der Waals surface area contributed by atoms with E-state index >= 15 is 0 Å². The Morgan fingerprint density at radius 1 is 1.46 bits per heavy atom. The summed E-state index contributed by atoms with van der Waals surface area (Å²) in [7, 11) is 0. The Hall–Kier alpha value is -1.82. The number of nitrogens with zero attached hydrogens (tertiary/aromatic N) is 2. The first kappa shape index (κ1) is 9.27. The minimum Gasteiger partial charge on any atom is -0.299 e. The molecule has 0 aliphatic heterocycles. The van der Waals surface area contributed by atoms with Crippen LogP contribution in [0, 0.1) is 11.3 Å². The van der Waals surface area contributed by atoms with Gasteiger partial charge in [-0.25, -0.2) is 0 Å². The molecule has 0 aliphatic carbocycles. The summed E-state index contributed by atoms with van der Waals surface area (Å²) in [5.74, 6) is 0. The summed E-state index contributed by atoms with van der Waals surface area (Å²) in [4.78, 5) is 12.1. The van der Waals surface area contributed by atoms with Crippen LogP contribution in [-0.4, -0.2) is 12.5 Å². The van der Waals surface area contributed by atoms with Crippen LogP contribution in [0.5, 0.6) is 0 Å². The van der Waals surface area contributed by atoms with E-state index in [1.807, 2.05) is 24.3 Å². The second-order valence-corrected chi connectivity index (χ2v) is 2.65. The maximum absolute atomic E-state index is 10.7. The molecule has 0 heterocycles. The number of nitriles is 1. The van der Waals surface area contributed by atoms with Crippen molar-refractivity contribution in [3.8, 4) is 6.07 Å². The van der Waals surface area contributed by atoms with Crippen molar-refractivity contribution in [1.29, 1.82) is 5.26 Å². The van der Waals surface area contributed by atoms with E-state index in [2.05, 4.69) is 0 Å². The van der Waals surface area contributed by atoms with Crippen LogP contribution in [0.2, 0.25) is 0 Å². The van der Waals surface area contributed by atoms with Crippen molar-refractivity contribution in [3.05, 3.63) is 30.3 Å². The van der Waals surface area contributed by atoms with Gasteiger partial charge in [-0.05, 0) is 19.1 Å². The first-order chi connectivity index (χ1) is 6.29. The van der Waals surface area contributed by atoms with Crippen molar-refractivity contribution >= 4 is 12.1 Å². The molecule has 13 heavy (non-hydrogen) atoms. The fourth-order valence-electron chi connectivity index (χ4n) is 1.04. The van der Waals surface area contributed by atoms with Gasteiger partial charge in [0, 0.05) is 5.69 Å². The first-order valence-electron chi connectivity index (χ1n) is 3.98. The normalized spacial score (nSPS) is 11.4. The van der Waals surface area contributed by atoms with Crippen LogP contribution >= 0.6 is 0 Å². The molecule has 0 spiro atoms. The van der Waals surface area contributed by atoms with Crippen LogP contribution in [0.4, 0.5) is 5.69 Å². The van der Waals surface area contributed by atoms with Gasteiger partial charge in [-0.1, -0.05) is 18.2 Å². The molecule has 3 nitrogen and oxygen atoms in total. The summed E-state index contributed by atoms with van der Waals surface area (Å²) in [5, 5.41) is 8.65. The summed E-state index contributed by atoms with van der Waals surface area (Å²) in [5.41, 5.74) is 0.742. The molecule has 0 saturated heterocycles. The van der Waals surface area contributed by atoms with Crippen LogP contribution in [0.1, 0.15) is 6.92 Å². The molecular formula is C10H10N2O. The molecule has 1 rings (SSSR count). The molecule has 3 heteroatoms. The summed E-state index contributed by atoms with van der Waals surface area (Å²) >= 11 is 0. The maximum Gasteiger partial charge on any atom is 0.215 e. The minimum absolute atomic E-state index is 0.431. The van der Waals surface area contributed by atoms with E-state index in [1.54, 1.807) is 19.1 Å². The van der Waals surface area contributed by atoms with Crippen molar-refractivity contribution < 1.29 is 4.79 Å². The molecule has 1 aromatic carbocycles. The monoisotopic (exact) mass is 174 g/mol. The zero-order chi connectivity index (χ0) is 9.68. The smallest absolute Gasteiger partial charge is 0.215 e. The fraction of sp³-hybridized carbons (Fsp3) is 0.200. The zero-order valence-electron chi connectivity index (χ0n) is 7.34. The van der Waals surface area contributed by atoms with Crippen LogP contribution in [0.25, 0.3) is 0 Å². The van der Waals surface area contributed by atoms with E-state index in [9.17, 15) is 4.79 Å². The highest BCUT2D eigenvalue weighted by Gasteiger charge is 2.11. The van der Waals surface area contributed by atoms with Crippen molar-refractivity contribution in [2.24, 2.45) is 0 Å². The Balaban J connectivity index is 2.92. The summed E-state index contributed by atoms with van der Waals surface area (Å²) in [6.07, 6.45) is 0.670. The summed E-state index contributed by atoms with van der Waals surface area (Å²) in [6.45, 7) is 1.68. The molecular weight excluding hydrogens is 164 g/mol. The number of carbonyl (C=O) groups is 1. The third kappa shape index (κ3) is 2.06. The SMILES string of the molecule is CC(C#N)N(C=O)c1ccccc1. The third-order valence-electron chi connectivity index (χ3n) is 1.77. The number of anilines is 1. The Labute approximate surface area is 77.2 Å². The molecule has 1 unspecified atom stereocenters. The number of hydrogen-bond acceptors (Lipinski definition) is 2. The van der Waals surface area contributed by atoms with Crippen LogP contribution in [0.15, 0.2) is 30.3 Å². The van der Waals surface area contributed by atoms with Crippen molar-refractivity contribution in [2.45, 2.75) is 13.0 Å². The average Bonchev–Trinajstić information content (AvgIpc) is 2.20. The van der Waals surface area contributed by atoms with Gasteiger partial charge in [-0.15, -0.1) is 0 Å². The molecule has 0 saturated carbocycles. The van der Waals surface area contributed by atoms with Crippen LogP contribution < -0.4 is 4.90 Å². The van der Waals surface area contributed by atoms with E-state index in [0.717, 1.165) is 5.69 Å². The number of amides is 1. The molecule has 1 amide bonds. The van der Waals surface area contributed by atoms with Gasteiger partial charge in [0.2, 0.25) is 6.41 Å². The Kier molecular flexibility index (Phi) is 3.04. The Morgan fingerprint density at radius 2 is 2.08 bits per heavy atom. The molecule has 0 aliphatic rings. The van der Waals surface area contributed by atoms with Gasteiger partial charge in [-0.2, -0.15) is 5.26 Å². The van der Waals surface area contributed by atoms with E-state index in [-0.39, 0.29) is 0 Å². The van der Waals surface area contributed by atoms with Crippen LogP contribution in [0.3, 0.4) is 0 Å². The topological polar surface area (TPSA) is 44.1 Å². The molecule has 1 aromatic rings. The fourth-order valence-corrected chi connectivity index (χ4v) is 1.04. The van der Waals surface area contributed by atoms with Gasteiger partial charge in [0.05, 0.1) is 6.07 Å². The third-order valence-corrected chi connectivity index (χ3v) is 1.77. The molecule has 1 atom stereocenters. The van der Waals surface area contributed by atoms with E-state index < -0.39 is 6.04 Å². The van der Waals surface area contributed by atoms with Gasteiger partial charge < -0.3 is 0 Å². The lowest BCUT2D eigenvalue weighted by atomic mass is 10.2. The number of rotatable bonds is 3. The number of benzene rings is 1. The second-order valence-electron chi connectivity index (χ2n) is 2.65. The van der Waals surface area contributed by atoms with Crippen molar-refractivity contribution in [3.63, 3.8) is 0 Å². The number of carbonyl (C=O) groups excluding carboxylic acids is 1.